The van der Waals surface area contributed by atoms with Crippen molar-refractivity contribution < 1.29 is 19.4 Å². The van der Waals surface area contributed by atoms with E-state index < -0.39 is 17.5 Å². The van der Waals surface area contributed by atoms with Gasteiger partial charge >= 0.3 is 12.0 Å². The molecule has 7 nitrogen and oxygen atoms in total. The number of ether oxygens (including phenoxy) is 1. The fraction of sp³-hybridized carbons (Fsp3) is 0.471. The van der Waals surface area contributed by atoms with Crippen LogP contribution in [-0.2, 0) is 4.79 Å². The van der Waals surface area contributed by atoms with Crippen molar-refractivity contribution in [2.45, 2.75) is 52.2 Å². The third kappa shape index (κ3) is 6.57. The summed E-state index contributed by atoms with van der Waals surface area (Å²) in [6, 6.07) is 6.28. The standard InChI is InChI=1S/C17H23N3O4/c1-11(2)24-14-6-5-12(10-18)9-13(14)19-16(23)20-17(3,4)8-7-15(21)22/h5-6,9,11H,7-8H2,1-4H3,(H,21,22)(H2,19,20,23). The summed E-state index contributed by atoms with van der Waals surface area (Å²) in [5, 5.41) is 23.1. The summed E-state index contributed by atoms with van der Waals surface area (Å²) in [5.41, 5.74) is 0.0924. The third-order valence-corrected chi connectivity index (χ3v) is 3.14. The molecule has 0 aliphatic carbocycles. The first-order valence-corrected chi connectivity index (χ1v) is 7.65. The minimum Gasteiger partial charge on any atom is -0.489 e. The molecule has 0 saturated heterocycles. The number of nitrogens with one attached hydrogen (secondary N) is 2. The lowest BCUT2D eigenvalue weighted by Crippen LogP contribution is -2.45. The maximum atomic E-state index is 12.2. The number of rotatable bonds is 7. The molecule has 3 N–H and O–H groups in total. The summed E-state index contributed by atoms with van der Waals surface area (Å²) >= 11 is 0. The highest BCUT2D eigenvalue weighted by Gasteiger charge is 2.22. The molecule has 2 amide bonds. The molecular formula is C17H23N3O4. The lowest BCUT2D eigenvalue weighted by atomic mass is 9.99. The molecule has 7 heteroatoms. The van der Waals surface area contributed by atoms with E-state index in [1.165, 1.54) is 6.07 Å². The molecule has 24 heavy (non-hydrogen) atoms. The molecule has 0 saturated carbocycles. The van der Waals surface area contributed by atoms with Gasteiger partial charge < -0.3 is 20.5 Å². The lowest BCUT2D eigenvalue weighted by molar-refractivity contribution is -0.137. The molecule has 0 bridgehead atoms. The molecule has 0 spiro atoms. The van der Waals surface area contributed by atoms with Crippen LogP contribution in [0, 0.1) is 11.3 Å². The molecule has 0 atom stereocenters. The molecule has 0 radical (unpaired) electrons. The number of aliphatic carboxylic acids is 1. The van der Waals surface area contributed by atoms with Crippen molar-refractivity contribution in [3.63, 3.8) is 0 Å². The zero-order chi connectivity index (χ0) is 18.3. The van der Waals surface area contributed by atoms with Crippen molar-refractivity contribution in [3.8, 4) is 11.8 Å². The molecule has 0 unspecified atom stereocenters. The number of hydrogen-bond acceptors (Lipinski definition) is 4. The van der Waals surface area contributed by atoms with E-state index in [0.717, 1.165) is 0 Å². The van der Waals surface area contributed by atoms with E-state index in [0.29, 0.717) is 23.4 Å². The van der Waals surface area contributed by atoms with Gasteiger partial charge in [-0.15, -0.1) is 0 Å². The Hall–Kier alpha value is -2.75. The number of carbonyl (C=O) groups excluding carboxylic acids is 1. The minimum atomic E-state index is -0.917. The van der Waals surface area contributed by atoms with Gasteiger partial charge in [0.05, 0.1) is 23.4 Å². The first kappa shape index (κ1) is 19.3. The number of nitriles is 1. The van der Waals surface area contributed by atoms with Crippen molar-refractivity contribution >= 4 is 17.7 Å². The number of carbonyl (C=O) groups is 2. The van der Waals surface area contributed by atoms with Crippen molar-refractivity contribution in [2.24, 2.45) is 0 Å². The van der Waals surface area contributed by atoms with Crippen molar-refractivity contribution in [1.29, 1.82) is 5.26 Å². The van der Waals surface area contributed by atoms with Crippen LogP contribution in [0.3, 0.4) is 0 Å². The molecule has 0 fully saturated rings. The van der Waals surface area contributed by atoms with E-state index in [4.69, 9.17) is 15.1 Å². The molecule has 1 aromatic carbocycles. The number of urea groups is 1. The van der Waals surface area contributed by atoms with Crippen molar-refractivity contribution in [1.82, 2.24) is 5.32 Å². The second-order valence-corrected chi connectivity index (χ2v) is 6.35. The van der Waals surface area contributed by atoms with Crippen LogP contribution in [0.1, 0.15) is 46.1 Å². The van der Waals surface area contributed by atoms with Crippen LogP contribution >= 0.6 is 0 Å². The Morgan fingerprint density at radius 2 is 2.04 bits per heavy atom. The van der Waals surface area contributed by atoms with Crippen LogP contribution in [0.25, 0.3) is 0 Å². The summed E-state index contributed by atoms with van der Waals surface area (Å²) in [6.45, 7) is 7.20. The monoisotopic (exact) mass is 333 g/mol. The third-order valence-electron chi connectivity index (χ3n) is 3.14. The molecule has 0 aromatic heterocycles. The van der Waals surface area contributed by atoms with E-state index in [1.807, 2.05) is 19.9 Å². The molecule has 1 rings (SSSR count). The van der Waals surface area contributed by atoms with Crippen molar-refractivity contribution in [3.05, 3.63) is 23.8 Å². The summed E-state index contributed by atoms with van der Waals surface area (Å²) in [4.78, 5) is 22.9. The zero-order valence-electron chi connectivity index (χ0n) is 14.3. The van der Waals surface area contributed by atoms with Crippen LogP contribution in [0.4, 0.5) is 10.5 Å². The Morgan fingerprint density at radius 3 is 2.58 bits per heavy atom. The average Bonchev–Trinajstić information content (AvgIpc) is 2.46. The fourth-order valence-corrected chi connectivity index (χ4v) is 2.00. The van der Waals surface area contributed by atoms with Crippen LogP contribution in [-0.4, -0.2) is 28.7 Å². The molecule has 0 heterocycles. The zero-order valence-corrected chi connectivity index (χ0v) is 14.3. The van der Waals surface area contributed by atoms with E-state index in [1.54, 1.807) is 26.0 Å². The number of carboxylic acids is 1. The van der Waals surface area contributed by atoms with Gasteiger partial charge in [0, 0.05) is 12.0 Å². The molecule has 0 aliphatic heterocycles. The van der Waals surface area contributed by atoms with E-state index in [2.05, 4.69) is 10.6 Å². The predicted molar refractivity (Wildman–Crippen MR) is 90.0 cm³/mol. The topological polar surface area (TPSA) is 111 Å². The highest BCUT2D eigenvalue weighted by Crippen LogP contribution is 2.27. The number of benzene rings is 1. The Bertz CT molecular complexity index is 648. The van der Waals surface area contributed by atoms with Gasteiger partial charge in [-0.25, -0.2) is 4.79 Å². The summed E-state index contributed by atoms with van der Waals surface area (Å²) in [7, 11) is 0. The number of hydrogen-bond donors (Lipinski definition) is 3. The molecule has 1 aromatic rings. The predicted octanol–water partition coefficient (Wildman–Crippen LogP) is 3.11. The highest BCUT2D eigenvalue weighted by molar-refractivity contribution is 5.91. The van der Waals surface area contributed by atoms with E-state index in [-0.39, 0.29) is 12.5 Å². The smallest absolute Gasteiger partial charge is 0.319 e. The van der Waals surface area contributed by atoms with Crippen LogP contribution < -0.4 is 15.4 Å². The summed E-state index contributed by atoms with van der Waals surface area (Å²) in [6.07, 6.45) is 0.163. The van der Waals surface area contributed by atoms with Gasteiger partial charge in [-0.1, -0.05) is 0 Å². The Labute approximate surface area is 141 Å². The van der Waals surface area contributed by atoms with Gasteiger partial charge in [-0.2, -0.15) is 5.26 Å². The van der Waals surface area contributed by atoms with Gasteiger partial charge in [-0.05, 0) is 52.3 Å². The molecule has 130 valence electrons. The Kier molecular flexibility index (Phi) is 6.59. The van der Waals surface area contributed by atoms with Crippen LogP contribution in [0.5, 0.6) is 5.75 Å². The number of carboxylic acid groups (broad SMARTS) is 1. The maximum absolute atomic E-state index is 12.2. The van der Waals surface area contributed by atoms with Gasteiger partial charge in [0.1, 0.15) is 5.75 Å². The van der Waals surface area contributed by atoms with Crippen LogP contribution in [0.2, 0.25) is 0 Å². The maximum Gasteiger partial charge on any atom is 0.319 e. The quantitative estimate of drug-likeness (QED) is 0.710. The normalized spacial score (nSPS) is 10.8. The van der Waals surface area contributed by atoms with E-state index in [9.17, 15) is 9.59 Å². The first-order chi connectivity index (χ1) is 11.1. The first-order valence-electron chi connectivity index (χ1n) is 7.65. The fourth-order valence-electron chi connectivity index (χ4n) is 2.00. The number of amides is 2. The number of anilines is 1. The summed E-state index contributed by atoms with van der Waals surface area (Å²) < 4.78 is 5.63. The van der Waals surface area contributed by atoms with Gasteiger partial charge in [0.15, 0.2) is 0 Å². The lowest BCUT2D eigenvalue weighted by Gasteiger charge is -2.26. The largest absolute Gasteiger partial charge is 0.489 e. The second-order valence-electron chi connectivity index (χ2n) is 6.35. The van der Waals surface area contributed by atoms with E-state index >= 15 is 0 Å². The molecule has 0 aliphatic rings. The molecular weight excluding hydrogens is 310 g/mol. The van der Waals surface area contributed by atoms with Crippen LogP contribution in [0.15, 0.2) is 18.2 Å². The summed E-state index contributed by atoms with van der Waals surface area (Å²) in [5.74, 6) is -0.456. The van der Waals surface area contributed by atoms with Crippen molar-refractivity contribution in [2.75, 3.05) is 5.32 Å². The minimum absolute atomic E-state index is 0.0427. The SMILES string of the molecule is CC(C)Oc1ccc(C#N)cc1NC(=O)NC(C)(C)CCC(=O)O. The van der Waals surface area contributed by atoms with Gasteiger partial charge in [0.2, 0.25) is 0 Å². The Morgan fingerprint density at radius 1 is 1.38 bits per heavy atom. The van der Waals surface area contributed by atoms with Gasteiger partial charge in [-0.3, -0.25) is 4.79 Å². The average molecular weight is 333 g/mol. The Balaban J connectivity index is 2.85. The van der Waals surface area contributed by atoms with Gasteiger partial charge in [0.25, 0.3) is 0 Å². The number of nitrogens with zero attached hydrogens (tertiary/aromatic N) is 1. The second kappa shape index (κ2) is 8.20. The highest BCUT2D eigenvalue weighted by atomic mass is 16.5.